The summed E-state index contributed by atoms with van der Waals surface area (Å²) in [6, 6.07) is 11.3. The van der Waals surface area contributed by atoms with Gasteiger partial charge in [-0.3, -0.25) is 19.1 Å². The van der Waals surface area contributed by atoms with Crippen LogP contribution in [-0.4, -0.2) is 52.8 Å². The van der Waals surface area contributed by atoms with Gasteiger partial charge in [0.15, 0.2) is 0 Å². The summed E-state index contributed by atoms with van der Waals surface area (Å²) in [7, 11) is 0. The molecule has 5 rings (SSSR count). The third-order valence-electron chi connectivity index (χ3n) is 5.34. The average molecular weight is 349 g/mol. The highest BCUT2D eigenvalue weighted by Crippen LogP contribution is 2.33. The fourth-order valence-electron chi connectivity index (χ4n) is 4.03. The lowest BCUT2D eigenvalue weighted by atomic mass is 10.1. The number of para-hydroxylation sites is 1. The van der Waals surface area contributed by atoms with Gasteiger partial charge in [-0.15, -0.1) is 0 Å². The number of benzene rings is 1. The zero-order valence-electron chi connectivity index (χ0n) is 14.4. The molecule has 0 bridgehead atoms. The Morgan fingerprint density at radius 2 is 1.77 bits per heavy atom. The van der Waals surface area contributed by atoms with Gasteiger partial charge in [0.25, 0.3) is 5.91 Å². The van der Waals surface area contributed by atoms with Crippen molar-refractivity contribution in [2.24, 2.45) is 0 Å². The Bertz CT molecular complexity index is 1070. The van der Waals surface area contributed by atoms with E-state index in [2.05, 4.69) is 9.47 Å². The normalized spacial score (nSPS) is 16.8. The third-order valence-corrected chi connectivity index (χ3v) is 5.34. The van der Waals surface area contributed by atoms with Crippen LogP contribution in [-0.2, 0) is 11.3 Å². The van der Waals surface area contributed by atoms with Crippen molar-refractivity contribution in [2.45, 2.75) is 6.54 Å². The number of aromatic nitrogens is 2. The molecule has 3 aromatic rings. The number of carbonyl (C=O) groups is 1. The van der Waals surface area contributed by atoms with Crippen LogP contribution >= 0.6 is 0 Å². The fraction of sp³-hybridized carbons (Fsp3) is 0.300. The molecule has 1 aromatic carbocycles. The van der Waals surface area contributed by atoms with Crippen molar-refractivity contribution in [3.63, 3.8) is 0 Å². The molecule has 0 aliphatic carbocycles. The van der Waals surface area contributed by atoms with Crippen LogP contribution in [0.25, 0.3) is 22.3 Å². The number of morpholine rings is 1. The van der Waals surface area contributed by atoms with E-state index in [-0.39, 0.29) is 11.3 Å². The van der Waals surface area contributed by atoms with Crippen molar-refractivity contribution in [1.29, 1.82) is 0 Å². The zero-order valence-corrected chi connectivity index (χ0v) is 14.4. The highest BCUT2D eigenvalue weighted by Gasteiger charge is 2.32. The number of carbonyl (C=O) groups excluding carboxylic acids is 1. The Morgan fingerprint density at radius 1 is 0.962 bits per heavy atom. The maximum atomic E-state index is 13.0. The first kappa shape index (κ1) is 15.5. The van der Waals surface area contributed by atoms with E-state index in [1.165, 1.54) is 0 Å². The maximum Gasteiger partial charge on any atom is 0.268 e. The van der Waals surface area contributed by atoms with Gasteiger partial charge in [0.05, 0.1) is 30.1 Å². The van der Waals surface area contributed by atoms with Crippen molar-refractivity contribution < 1.29 is 9.53 Å². The third kappa shape index (κ3) is 2.19. The van der Waals surface area contributed by atoms with Crippen LogP contribution in [0, 0.1) is 0 Å². The molecule has 26 heavy (non-hydrogen) atoms. The molecular formula is C20H19N3O3. The Balaban J connectivity index is 1.69. The van der Waals surface area contributed by atoms with Gasteiger partial charge >= 0.3 is 0 Å². The van der Waals surface area contributed by atoms with E-state index in [4.69, 9.17) is 4.74 Å². The van der Waals surface area contributed by atoms with Gasteiger partial charge in [-0.05, 0) is 24.3 Å². The van der Waals surface area contributed by atoms with Crippen molar-refractivity contribution in [3.05, 3.63) is 58.4 Å². The van der Waals surface area contributed by atoms with Gasteiger partial charge in [0.1, 0.15) is 5.56 Å². The van der Waals surface area contributed by atoms with Gasteiger partial charge in [-0.1, -0.05) is 12.1 Å². The number of ether oxygens (including phenoxy) is 1. The minimum atomic E-state index is -0.226. The minimum absolute atomic E-state index is 0.174. The van der Waals surface area contributed by atoms with Crippen LogP contribution in [0.15, 0.2) is 47.4 Å². The average Bonchev–Trinajstić information content (AvgIpc) is 3.26. The molecule has 6 heteroatoms. The molecule has 0 unspecified atom stereocenters. The van der Waals surface area contributed by atoms with Crippen LogP contribution < -0.4 is 5.43 Å². The van der Waals surface area contributed by atoms with Crippen molar-refractivity contribution >= 4 is 16.8 Å². The van der Waals surface area contributed by atoms with Gasteiger partial charge in [0, 0.05) is 37.8 Å². The topological polar surface area (TPSA) is 56.5 Å². The van der Waals surface area contributed by atoms with Crippen LogP contribution in [0.1, 0.15) is 10.4 Å². The maximum absolute atomic E-state index is 13.0. The minimum Gasteiger partial charge on any atom is -0.379 e. The molecule has 1 fully saturated rings. The second-order valence-corrected chi connectivity index (χ2v) is 6.74. The van der Waals surface area contributed by atoms with E-state index >= 15 is 0 Å². The Kier molecular flexibility index (Phi) is 3.55. The summed E-state index contributed by atoms with van der Waals surface area (Å²) in [5, 5.41) is 0.604. The number of rotatable bonds is 3. The second kappa shape index (κ2) is 5.93. The molecular weight excluding hydrogens is 330 g/mol. The molecule has 6 nitrogen and oxygen atoms in total. The van der Waals surface area contributed by atoms with E-state index < -0.39 is 0 Å². The largest absolute Gasteiger partial charge is 0.379 e. The summed E-state index contributed by atoms with van der Waals surface area (Å²) in [4.78, 5) is 28.1. The highest BCUT2D eigenvalue weighted by molar-refractivity contribution is 6.10. The monoisotopic (exact) mass is 349 g/mol. The second-order valence-electron chi connectivity index (χ2n) is 6.74. The Morgan fingerprint density at radius 3 is 2.62 bits per heavy atom. The molecule has 0 spiro atoms. The van der Waals surface area contributed by atoms with Gasteiger partial charge in [-0.2, -0.15) is 0 Å². The summed E-state index contributed by atoms with van der Waals surface area (Å²) in [5.41, 5.74) is 2.55. The molecule has 0 atom stereocenters. The highest BCUT2D eigenvalue weighted by atomic mass is 16.5. The van der Waals surface area contributed by atoms with Gasteiger partial charge in [0.2, 0.25) is 5.43 Å². The smallest absolute Gasteiger partial charge is 0.268 e. The fourth-order valence-corrected chi connectivity index (χ4v) is 4.03. The van der Waals surface area contributed by atoms with E-state index in [0.717, 1.165) is 56.3 Å². The van der Waals surface area contributed by atoms with Crippen LogP contribution in [0.4, 0.5) is 0 Å². The molecule has 0 N–H and O–H groups in total. The predicted molar refractivity (Wildman–Crippen MR) is 98.6 cm³/mol. The number of nitrogens with zero attached hydrogens (tertiary/aromatic N) is 3. The van der Waals surface area contributed by atoms with E-state index in [1.807, 2.05) is 36.4 Å². The molecule has 2 aromatic heterocycles. The summed E-state index contributed by atoms with van der Waals surface area (Å²) in [6.45, 7) is 4.92. The lowest BCUT2D eigenvalue weighted by Crippen LogP contribution is -2.38. The molecule has 2 aliphatic heterocycles. The Labute approximate surface area is 150 Å². The van der Waals surface area contributed by atoms with E-state index in [1.54, 1.807) is 10.8 Å². The number of hydrogen-bond donors (Lipinski definition) is 0. The molecule has 0 saturated carbocycles. The van der Waals surface area contributed by atoms with Crippen molar-refractivity contribution in [2.75, 3.05) is 32.8 Å². The summed E-state index contributed by atoms with van der Waals surface area (Å²) in [6.07, 6.45) is 1.73. The van der Waals surface area contributed by atoms with E-state index in [9.17, 15) is 9.59 Å². The first-order chi connectivity index (χ1) is 12.8. The Hall–Kier alpha value is -2.70. The number of pyridine rings is 1. The lowest BCUT2D eigenvalue weighted by molar-refractivity contribution is 0.0366. The lowest BCUT2D eigenvalue weighted by Gasteiger charge is -2.27. The molecule has 2 aliphatic rings. The summed E-state index contributed by atoms with van der Waals surface area (Å²) >= 11 is 0. The quantitative estimate of drug-likeness (QED) is 0.566. The zero-order chi connectivity index (χ0) is 17.7. The SMILES string of the molecule is O=C1c2c(n(CCN3CCOCC3)c3ccccc3c2=O)-c2cccn21. The molecule has 0 radical (unpaired) electrons. The number of fused-ring (bicyclic) bond motifs is 4. The van der Waals surface area contributed by atoms with Crippen LogP contribution in [0.5, 0.6) is 0 Å². The molecule has 0 amide bonds. The molecule has 132 valence electrons. The van der Waals surface area contributed by atoms with Crippen molar-refractivity contribution in [3.8, 4) is 11.4 Å². The van der Waals surface area contributed by atoms with E-state index in [0.29, 0.717) is 10.9 Å². The van der Waals surface area contributed by atoms with Crippen LogP contribution in [0.2, 0.25) is 0 Å². The van der Waals surface area contributed by atoms with Crippen molar-refractivity contribution in [1.82, 2.24) is 14.0 Å². The standard InChI is InChI=1S/C20H19N3O3/c24-19-14-4-1-2-5-15(14)22(9-8-21-10-12-26-13-11-21)18-16-6-3-7-23(16)20(25)17(18)19/h1-7H,8-13H2. The first-order valence-corrected chi connectivity index (χ1v) is 8.94. The number of hydrogen-bond acceptors (Lipinski definition) is 4. The van der Waals surface area contributed by atoms with Gasteiger partial charge < -0.3 is 9.30 Å². The predicted octanol–water partition coefficient (Wildman–Crippen LogP) is 1.80. The molecule has 4 heterocycles. The first-order valence-electron chi connectivity index (χ1n) is 8.94. The van der Waals surface area contributed by atoms with Gasteiger partial charge in [-0.25, -0.2) is 0 Å². The molecule has 1 saturated heterocycles. The van der Waals surface area contributed by atoms with Crippen LogP contribution in [0.3, 0.4) is 0 Å². The summed E-state index contributed by atoms with van der Waals surface area (Å²) < 4.78 is 9.14. The summed E-state index contributed by atoms with van der Waals surface area (Å²) in [5.74, 6) is -0.226.